The van der Waals surface area contributed by atoms with Crippen LogP contribution in [0, 0.1) is 34.6 Å². The predicted octanol–water partition coefficient (Wildman–Crippen LogP) is 8.65. The molecule has 1 aliphatic heterocycles. The lowest BCUT2D eigenvalue weighted by atomic mass is 9.98. The maximum atomic E-state index is 14.7. The smallest absolute Gasteiger partial charge is 0.336 e. The number of ether oxygens (including phenoxy) is 1. The van der Waals surface area contributed by atoms with E-state index in [1.165, 1.54) is 0 Å². The van der Waals surface area contributed by atoms with Gasteiger partial charge in [-0.25, -0.2) is 4.79 Å². The van der Waals surface area contributed by atoms with E-state index >= 15 is 0 Å². The number of carbonyl (C=O) groups excluding carboxylic acids is 1. The van der Waals surface area contributed by atoms with E-state index in [4.69, 9.17) is 27.9 Å². The van der Waals surface area contributed by atoms with Gasteiger partial charge in [0.2, 0.25) is 0 Å². The molecule has 0 bridgehead atoms. The van der Waals surface area contributed by atoms with Crippen molar-refractivity contribution in [3.63, 3.8) is 0 Å². The van der Waals surface area contributed by atoms with E-state index in [1.807, 2.05) is 69.8 Å². The van der Waals surface area contributed by atoms with Gasteiger partial charge in [-0.3, -0.25) is 9.48 Å². The van der Waals surface area contributed by atoms with Gasteiger partial charge in [0.05, 0.1) is 28.4 Å². The molecule has 2 aromatic heterocycles. The number of rotatable bonds is 8. The number of aromatic carboxylic acids is 1. The molecule has 0 saturated heterocycles. The highest BCUT2D eigenvalue weighted by Crippen LogP contribution is 2.43. The minimum atomic E-state index is -1.02. The Morgan fingerprint density at radius 2 is 1.68 bits per heavy atom. The Kier molecular flexibility index (Phi) is 8.85. The predicted molar refractivity (Wildman–Crippen MR) is 188 cm³/mol. The van der Waals surface area contributed by atoms with Crippen LogP contribution in [0.2, 0.25) is 10.0 Å². The number of aromatic nitrogens is 3. The first-order chi connectivity index (χ1) is 22.4. The fourth-order valence-electron chi connectivity index (χ4n) is 6.89. The molecule has 3 aromatic carbocycles. The molecule has 1 aliphatic rings. The number of fused-ring (bicyclic) bond motifs is 3. The van der Waals surface area contributed by atoms with Gasteiger partial charge in [0.1, 0.15) is 11.4 Å². The van der Waals surface area contributed by atoms with Gasteiger partial charge in [-0.15, -0.1) is 0 Å². The van der Waals surface area contributed by atoms with Crippen LogP contribution in [-0.2, 0) is 20.0 Å². The first-order valence-corrected chi connectivity index (χ1v) is 16.5. The molecule has 0 spiro atoms. The van der Waals surface area contributed by atoms with Crippen LogP contribution in [0.4, 0.5) is 5.69 Å². The van der Waals surface area contributed by atoms with E-state index in [9.17, 15) is 14.7 Å². The molecule has 0 aliphatic carbocycles. The summed E-state index contributed by atoms with van der Waals surface area (Å²) in [7, 11) is 1.92. The second-order valence-corrected chi connectivity index (χ2v) is 13.2. The van der Waals surface area contributed by atoms with E-state index in [0.29, 0.717) is 60.9 Å². The number of carboxylic acid groups (broad SMARTS) is 1. The molecule has 0 radical (unpaired) electrons. The van der Waals surface area contributed by atoms with Crippen molar-refractivity contribution >= 4 is 51.7 Å². The van der Waals surface area contributed by atoms with Crippen molar-refractivity contribution in [2.45, 2.75) is 60.4 Å². The van der Waals surface area contributed by atoms with Crippen molar-refractivity contribution in [3.8, 4) is 16.9 Å². The molecule has 0 fully saturated rings. The molecule has 47 heavy (non-hydrogen) atoms. The van der Waals surface area contributed by atoms with Crippen molar-refractivity contribution in [1.29, 1.82) is 0 Å². The molecule has 0 unspecified atom stereocenters. The van der Waals surface area contributed by atoms with Crippen molar-refractivity contribution in [2.75, 3.05) is 18.1 Å². The molecule has 8 nitrogen and oxygen atoms in total. The number of hydrogen-bond donors (Lipinski definition) is 1. The SMILES string of the molecule is Cc1ccc(N2CCCn3c(c(CCCOc4cc(C)c(Cl)c(C)c4)c4ccc(Cl)c(-c5c(C)nn(C)c5C)c43)C2=O)cc1C(=O)O. The summed E-state index contributed by atoms with van der Waals surface area (Å²) in [6.07, 6.45) is 1.93. The van der Waals surface area contributed by atoms with Gasteiger partial charge >= 0.3 is 5.97 Å². The highest BCUT2D eigenvalue weighted by Gasteiger charge is 2.32. The Balaban J connectivity index is 1.48. The number of amides is 1. The minimum absolute atomic E-state index is 0.166. The normalized spacial score (nSPS) is 13.3. The fraction of sp³-hybridized carbons (Fsp3) is 0.324. The molecule has 1 N–H and O–H groups in total. The Hall–Kier alpha value is -4.27. The van der Waals surface area contributed by atoms with Crippen LogP contribution in [0.15, 0.2) is 42.5 Å². The second-order valence-electron chi connectivity index (χ2n) is 12.4. The van der Waals surface area contributed by atoms with Crippen LogP contribution < -0.4 is 9.64 Å². The Labute approximate surface area is 284 Å². The Morgan fingerprint density at radius 3 is 2.34 bits per heavy atom. The van der Waals surface area contributed by atoms with Crippen LogP contribution in [0.3, 0.4) is 0 Å². The van der Waals surface area contributed by atoms with Crippen molar-refractivity contribution in [2.24, 2.45) is 7.05 Å². The Morgan fingerprint density at radius 1 is 0.957 bits per heavy atom. The lowest BCUT2D eigenvalue weighted by Crippen LogP contribution is -2.32. The summed E-state index contributed by atoms with van der Waals surface area (Å²) in [6, 6.07) is 13.0. The first-order valence-electron chi connectivity index (χ1n) is 15.8. The van der Waals surface area contributed by atoms with Crippen LogP contribution in [-0.4, -0.2) is 44.5 Å². The Bertz CT molecular complexity index is 2050. The number of anilines is 1. The molecular weight excluding hydrogens is 635 g/mol. The molecule has 0 atom stereocenters. The third-order valence-corrected chi connectivity index (χ3v) is 10.2. The van der Waals surface area contributed by atoms with E-state index in [1.54, 1.807) is 24.0 Å². The van der Waals surface area contributed by atoms with E-state index < -0.39 is 5.97 Å². The maximum absolute atomic E-state index is 14.7. The number of nitrogens with zero attached hydrogens (tertiary/aromatic N) is 4. The highest BCUT2D eigenvalue weighted by molar-refractivity contribution is 6.35. The molecule has 5 aromatic rings. The lowest BCUT2D eigenvalue weighted by molar-refractivity contribution is 0.0695. The number of benzene rings is 3. The van der Waals surface area contributed by atoms with Gasteiger partial charge in [0.25, 0.3) is 5.91 Å². The van der Waals surface area contributed by atoms with Crippen LogP contribution >= 0.6 is 23.2 Å². The average molecular weight is 674 g/mol. The van der Waals surface area contributed by atoms with Gasteiger partial charge in [-0.2, -0.15) is 5.10 Å². The quantitative estimate of drug-likeness (QED) is 0.167. The van der Waals surface area contributed by atoms with Crippen molar-refractivity contribution in [1.82, 2.24) is 14.3 Å². The molecule has 244 valence electrons. The zero-order valence-corrected chi connectivity index (χ0v) is 29.0. The maximum Gasteiger partial charge on any atom is 0.336 e. The molecule has 6 rings (SSSR count). The van der Waals surface area contributed by atoms with Gasteiger partial charge < -0.3 is 19.3 Å². The number of carboxylic acids is 1. The number of halogens is 2. The molecule has 0 saturated carbocycles. The number of aryl methyl sites for hydroxylation is 7. The second kappa shape index (κ2) is 12.7. The first kappa shape index (κ1) is 32.7. The zero-order valence-electron chi connectivity index (χ0n) is 27.5. The van der Waals surface area contributed by atoms with Gasteiger partial charge in [0, 0.05) is 53.1 Å². The molecule has 1 amide bonds. The molecule has 3 heterocycles. The summed E-state index contributed by atoms with van der Waals surface area (Å²) in [5, 5.41) is 16.8. The van der Waals surface area contributed by atoms with Crippen LogP contribution in [0.25, 0.3) is 22.0 Å². The summed E-state index contributed by atoms with van der Waals surface area (Å²) in [5.74, 6) is -0.424. The van der Waals surface area contributed by atoms with Crippen molar-refractivity contribution < 1.29 is 19.4 Å². The zero-order chi connectivity index (χ0) is 33.7. The highest BCUT2D eigenvalue weighted by atomic mass is 35.5. The van der Waals surface area contributed by atoms with E-state index in [0.717, 1.165) is 60.9 Å². The summed E-state index contributed by atoms with van der Waals surface area (Å²) < 4.78 is 10.1. The summed E-state index contributed by atoms with van der Waals surface area (Å²) in [6.45, 7) is 11.2. The third-order valence-electron chi connectivity index (χ3n) is 9.26. The van der Waals surface area contributed by atoms with E-state index in [2.05, 4.69) is 9.67 Å². The van der Waals surface area contributed by atoms with Crippen molar-refractivity contribution in [3.05, 3.63) is 97.4 Å². The largest absolute Gasteiger partial charge is 0.494 e. The van der Waals surface area contributed by atoms with E-state index in [-0.39, 0.29) is 11.5 Å². The van der Waals surface area contributed by atoms with Gasteiger partial charge in [-0.1, -0.05) is 35.3 Å². The molecule has 10 heteroatoms. The lowest BCUT2D eigenvalue weighted by Gasteiger charge is -2.22. The average Bonchev–Trinajstić information content (AvgIpc) is 3.39. The fourth-order valence-corrected chi connectivity index (χ4v) is 7.24. The van der Waals surface area contributed by atoms with Gasteiger partial charge in [-0.05, 0) is 106 Å². The minimum Gasteiger partial charge on any atom is -0.494 e. The van der Waals surface area contributed by atoms with Crippen LogP contribution in [0.1, 0.15) is 67.3 Å². The van der Waals surface area contributed by atoms with Crippen LogP contribution in [0.5, 0.6) is 5.75 Å². The summed E-state index contributed by atoms with van der Waals surface area (Å²) in [4.78, 5) is 28.4. The summed E-state index contributed by atoms with van der Waals surface area (Å²) in [5.41, 5.74) is 9.42. The monoisotopic (exact) mass is 672 g/mol. The third kappa shape index (κ3) is 5.78. The standard InChI is InChI=1S/C37H38Cl2N4O4/c1-20-10-11-25(19-29(20)37(45)46)42-14-8-15-43-34-28(12-13-30(38)32(34)31-23(4)40-41(6)24(31)5)27(35(43)36(42)44)9-7-16-47-26-17-21(2)33(39)22(3)18-26/h10-13,17-19H,7-9,14-16H2,1-6H3,(H,45,46). The molecular formula is C37H38Cl2N4O4. The van der Waals surface area contributed by atoms with Gasteiger partial charge in [0.15, 0.2) is 0 Å². The summed E-state index contributed by atoms with van der Waals surface area (Å²) >= 11 is 13.4. The number of carbonyl (C=O) groups is 2. The number of hydrogen-bond acceptors (Lipinski definition) is 4. The topological polar surface area (TPSA) is 89.6 Å².